The zero-order valence-corrected chi connectivity index (χ0v) is 10.5. The van der Waals surface area contributed by atoms with Gasteiger partial charge in [0.25, 0.3) is 5.69 Å². The number of nitro groups is 1. The van der Waals surface area contributed by atoms with Crippen molar-refractivity contribution in [2.75, 3.05) is 0 Å². The number of hydrogen-bond donors (Lipinski definition) is 0. The third-order valence-corrected chi connectivity index (χ3v) is 2.72. The van der Waals surface area contributed by atoms with Crippen LogP contribution in [0, 0.1) is 10.1 Å². The molecule has 2 aromatic heterocycles. The van der Waals surface area contributed by atoms with Crippen LogP contribution in [-0.2, 0) is 6.42 Å². The highest BCUT2D eigenvalue weighted by atomic mass is 35.5. The lowest BCUT2D eigenvalue weighted by molar-refractivity contribution is -0.385. The summed E-state index contributed by atoms with van der Waals surface area (Å²) in [6, 6.07) is 1.29. The summed E-state index contributed by atoms with van der Waals surface area (Å²) in [6.45, 7) is 2.05. The Balaban J connectivity index is 2.44. The molecule has 6 nitrogen and oxygen atoms in total. The van der Waals surface area contributed by atoms with Gasteiger partial charge in [0.05, 0.1) is 9.95 Å². The molecule has 0 amide bonds. The molecule has 0 atom stereocenters. The number of aryl methyl sites for hydroxylation is 1. The van der Waals surface area contributed by atoms with Crippen LogP contribution in [0.2, 0.25) is 5.02 Å². The summed E-state index contributed by atoms with van der Waals surface area (Å²) in [6.07, 6.45) is 6.33. The Morgan fingerprint density at radius 3 is 2.89 bits per heavy atom. The van der Waals surface area contributed by atoms with Gasteiger partial charge < -0.3 is 0 Å². The molecule has 0 saturated heterocycles. The van der Waals surface area contributed by atoms with Crippen molar-refractivity contribution in [3.8, 4) is 5.82 Å². The molecule has 0 unspecified atom stereocenters. The fourth-order valence-electron chi connectivity index (χ4n) is 1.63. The summed E-state index contributed by atoms with van der Waals surface area (Å²) in [5, 5.41) is 10.8. The molecule has 18 heavy (non-hydrogen) atoms. The molecule has 0 radical (unpaired) electrons. The maximum Gasteiger partial charge on any atom is 0.289 e. The van der Waals surface area contributed by atoms with Crippen LogP contribution in [0.5, 0.6) is 0 Å². The Kier molecular flexibility index (Phi) is 3.57. The predicted molar refractivity (Wildman–Crippen MR) is 67.0 cm³/mol. The van der Waals surface area contributed by atoms with Crippen LogP contribution in [0.3, 0.4) is 0 Å². The molecule has 2 rings (SSSR count). The first-order valence-electron chi connectivity index (χ1n) is 5.46. The third kappa shape index (κ3) is 2.33. The second-order valence-electron chi connectivity index (χ2n) is 3.72. The fraction of sp³-hybridized carbons (Fsp3) is 0.273. The Labute approximate surface area is 108 Å². The van der Waals surface area contributed by atoms with E-state index >= 15 is 0 Å². The van der Waals surface area contributed by atoms with Crippen molar-refractivity contribution in [2.24, 2.45) is 0 Å². The summed E-state index contributed by atoms with van der Waals surface area (Å²) in [4.78, 5) is 18.3. The minimum absolute atomic E-state index is 0.124. The molecule has 0 fully saturated rings. The normalized spacial score (nSPS) is 10.6. The van der Waals surface area contributed by atoms with E-state index in [1.54, 1.807) is 17.0 Å². The zero-order chi connectivity index (χ0) is 13.1. The molecule has 0 N–H and O–H groups in total. The summed E-state index contributed by atoms with van der Waals surface area (Å²) in [5.74, 6) is 1.30. The maximum absolute atomic E-state index is 10.6. The smallest absolute Gasteiger partial charge is 0.287 e. The van der Waals surface area contributed by atoms with Crippen LogP contribution in [0.1, 0.15) is 19.2 Å². The second kappa shape index (κ2) is 5.14. The highest BCUT2D eigenvalue weighted by Gasteiger charge is 2.14. The van der Waals surface area contributed by atoms with Crippen LogP contribution >= 0.6 is 11.6 Å². The molecule has 0 aliphatic rings. The number of nitrogens with zero attached hydrogens (tertiary/aromatic N) is 4. The molecule has 0 spiro atoms. The van der Waals surface area contributed by atoms with Gasteiger partial charge in [-0.1, -0.05) is 18.5 Å². The lowest BCUT2D eigenvalue weighted by Crippen LogP contribution is -2.03. The average molecular weight is 267 g/mol. The second-order valence-corrected chi connectivity index (χ2v) is 4.13. The molecule has 2 aromatic rings. The van der Waals surface area contributed by atoms with Crippen LogP contribution in [-0.4, -0.2) is 19.5 Å². The van der Waals surface area contributed by atoms with Gasteiger partial charge in [-0.05, 0) is 6.42 Å². The van der Waals surface area contributed by atoms with Gasteiger partial charge in [0.2, 0.25) is 0 Å². The molecular weight excluding hydrogens is 256 g/mol. The molecule has 0 bridgehead atoms. The molecule has 0 aliphatic heterocycles. The van der Waals surface area contributed by atoms with Gasteiger partial charge in [-0.2, -0.15) is 0 Å². The van der Waals surface area contributed by atoms with Crippen molar-refractivity contribution in [2.45, 2.75) is 19.8 Å². The van der Waals surface area contributed by atoms with Gasteiger partial charge in [0, 0.05) is 24.9 Å². The van der Waals surface area contributed by atoms with Crippen LogP contribution in [0.25, 0.3) is 5.82 Å². The van der Waals surface area contributed by atoms with Gasteiger partial charge in [-0.15, -0.1) is 0 Å². The van der Waals surface area contributed by atoms with Crippen LogP contribution in [0.4, 0.5) is 5.69 Å². The number of rotatable bonds is 4. The lowest BCUT2D eigenvalue weighted by atomic mass is 10.3. The number of aromatic nitrogens is 3. The molecule has 0 saturated carbocycles. The molecular formula is C11H11ClN4O2. The third-order valence-electron chi connectivity index (χ3n) is 2.44. The first kappa shape index (κ1) is 12.5. The Bertz CT molecular complexity index is 582. The van der Waals surface area contributed by atoms with Crippen molar-refractivity contribution >= 4 is 17.3 Å². The molecule has 0 aliphatic carbocycles. The highest BCUT2D eigenvalue weighted by molar-refractivity contribution is 6.32. The molecule has 2 heterocycles. The van der Waals surface area contributed by atoms with Gasteiger partial charge in [0.15, 0.2) is 5.82 Å². The summed E-state index contributed by atoms with van der Waals surface area (Å²) in [7, 11) is 0. The van der Waals surface area contributed by atoms with E-state index in [4.69, 9.17) is 11.6 Å². The lowest BCUT2D eigenvalue weighted by Gasteiger charge is -2.07. The Morgan fingerprint density at radius 2 is 2.28 bits per heavy atom. The Morgan fingerprint density at radius 1 is 1.50 bits per heavy atom. The molecule has 94 valence electrons. The van der Waals surface area contributed by atoms with E-state index in [2.05, 4.69) is 9.97 Å². The van der Waals surface area contributed by atoms with Crippen molar-refractivity contribution in [1.82, 2.24) is 14.5 Å². The van der Waals surface area contributed by atoms with Crippen LogP contribution in [0.15, 0.2) is 24.7 Å². The van der Waals surface area contributed by atoms with Crippen molar-refractivity contribution in [3.63, 3.8) is 0 Å². The number of imidazole rings is 1. The van der Waals surface area contributed by atoms with Crippen molar-refractivity contribution < 1.29 is 4.92 Å². The van der Waals surface area contributed by atoms with Gasteiger partial charge in [-0.25, -0.2) is 9.97 Å². The first-order chi connectivity index (χ1) is 8.63. The SMILES string of the molecule is CCCc1nccn1-c1ncc([N+](=O)[O-])cc1Cl. The average Bonchev–Trinajstić information content (AvgIpc) is 2.77. The van der Waals surface area contributed by atoms with E-state index in [1.807, 2.05) is 6.92 Å². The molecule has 0 aromatic carbocycles. The number of pyridine rings is 1. The maximum atomic E-state index is 10.6. The Hall–Kier alpha value is -1.95. The molecule has 7 heteroatoms. The zero-order valence-electron chi connectivity index (χ0n) is 9.71. The fourth-order valence-corrected chi connectivity index (χ4v) is 1.89. The van der Waals surface area contributed by atoms with E-state index in [9.17, 15) is 10.1 Å². The van der Waals surface area contributed by atoms with Crippen LogP contribution < -0.4 is 0 Å². The van der Waals surface area contributed by atoms with E-state index in [0.29, 0.717) is 5.82 Å². The quantitative estimate of drug-likeness (QED) is 0.630. The summed E-state index contributed by atoms with van der Waals surface area (Å²) < 4.78 is 1.75. The van der Waals surface area contributed by atoms with Gasteiger partial charge in [-0.3, -0.25) is 14.7 Å². The van der Waals surface area contributed by atoms with E-state index in [0.717, 1.165) is 18.7 Å². The summed E-state index contributed by atoms with van der Waals surface area (Å²) in [5.41, 5.74) is -0.124. The number of hydrogen-bond acceptors (Lipinski definition) is 4. The van der Waals surface area contributed by atoms with E-state index in [-0.39, 0.29) is 10.7 Å². The predicted octanol–water partition coefficient (Wildman–Crippen LogP) is 2.78. The number of halogens is 1. The minimum Gasteiger partial charge on any atom is -0.287 e. The topological polar surface area (TPSA) is 73.8 Å². The largest absolute Gasteiger partial charge is 0.289 e. The van der Waals surface area contributed by atoms with Crippen molar-refractivity contribution in [1.29, 1.82) is 0 Å². The van der Waals surface area contributed by atoms with Gasteiger partial charge >= 0.3 is 0 Å². The highest BCUT2D eigenvalue weighted by Crippen LogP contribution is 2.24. The van der Waals surface area contributed by atoms with E-state index in [1.165, 1.54) is 12.3 Å². The van der Waals surface area contributed by atoms with Crippen molar-refractivity contribution in [3.05, 3.63) is 45.6 Å². The first-order valence-corrected chi connectivity index (χ1v) is 5.83. The van der Waals surface area contributed by atoms with Gasteiger partial charge in [0.1, 0.15) is 12.0 Å². The minimum atomic E-state index is -0.524. The van der Waals surface area contributed by atoms with E-state index < -0.39 is 4.92 Å². The monoisotopic (exact) mass is 266 g/mol. The standard InChI is InChI=1S/C11H11ClN4O2/c1-2-3-10-13-4-5-15(10)11-9(12)6-8(7-14-11)16(17)18/h4-7H,2-3H2,1H3. The summed E-state index contributed by atoms with van der Waals surface area (Å²) >= 11 is 6.02.